The molecule has 0 atom stereocenters. The first-order chi connectivity index (χ1) is 10.2. The van der Waals surface area contributed by atoms with Crippen molar-refractivity contribution in [3.63, 3.8) is 0 Å². The van der Waals surface area contributed by atoms with E-state index >= 15 is 0 Å². The molecule has 1 aromatic heterocycles. The van der Waals surface area contributed by atoms with Gasteiger partial charge in [-0.1, -0.05) is 6.08 Å². The Morgan fingerprint density at radius 1 is 0.857 bits per heavy atom. The summed E-state index contributed by atoms with van der Waals surface area (Å²) >= 11 is 0. The number of pyridine rings is 1. The van der Waals surface area contributed by atoms with E-state index < -0.39 is 0 Å². The first-order valence-corrected chi connectivity index (χ1v) is 6.61. The van der Waals surface area contributed by atoms with E-state index in [4.69, 9.17) is 14.2 Å². The Balaban J connectivity index is 2.40. The fraction of sp³-hybridized carbons (Fsp3) is 0.235. The molecule has 0 bridgehead atoms. The van der Waals surface area contributed by atoms with Crippen LogP contribution < -0.4 is 18.8 Å². The first-order valence-electron chi connectivity index (χ1n) is 6.61. The highest BCUT2D eigenvalue weighted by molar-refractivity contribution is 5.76. The molecule has 0 N–H and O–H groups in total. The number of methoxy groups -OCH3 is 3. The predicted octanol–water partition coefficient (Wildman–Crippen LogP) is 2.71. The van der Waals surface area contributed by atoms with E-state index in [1.165, 1.54) is 0 Å². The molecule has 0 amide bonds. The molecule has 0 saturated carbocycles. The van der Waals surface area contributed by atoms with Gasteiger partial charge < -0.3 is 14.2 Å². The fourth-order valence-electron chi connectivity index (χ4n) is 2.00. The van der Waals surface area contributed by atoms with Crippen LogP contribution in [0, 0.1) is 0 Å². The lowest BCUT2D eigenvalue weighted by molar-refractivity contribution is -0.671. The fourth-order valence-corrected chi connectivity index (χ4v) is 2.00. The van der Waals surface area contributed by atoms with Gasteiger partial charge in [0.25, 0.3) is 0 Å². The Hall–Kier alpha value is -2.49. The molecule has 1 aromatic carbocycles. The molecule has 0 fully saturated rings. The van der Waals surface area contributed by atoms with Crippen LogP contribution >= 0.6 is 0 Å². The van der Waals surface area contributed by atoms with E-state index in [9.17, 15) is 0 Å². The zero-order chi connectivity index (χ0) is 15.2. The summed E-state index contributed by atoms with van der Waals surface area (Å²) in [5.41, 5.74) is 1.99. The quantitative estimate of drug-likeness (QED) is 0.792. The summed E-state index contributed by atoms with van der Waals surface area (Å²) in [5.74, 6) is 2.13. The van der Waals surface area contributed by atoms with Gasteiger partial charge in [0.1, 0.15) is 24.3 Å². The van der Waals surface area contributed by atoms with E-state index in [0.717, 1.165) is 11.1 Å². The summed E-state index contributed by atoms with van der Waals surface area (Å²) in [6.45, 7) is 0. The minimum Gasteiger partial charge on any atom is -0.496 e. The van der Waals surface area contributed by atoms with E-state index in [0.29, 0.717) is 17.2 Å². The van der Waals surface area contributed by atoms with Crippen LogP contribution in [0.1, 0.15) is 11.1 Å². The molecule has 4 heteroatoms. The summed E-state index contributed by atoms with van der Waals surface area (Å²) in [7, 11) is 6.87. The van der Waals surface area contributed by atoms with Crippen molar-refractivity contribution in [1.82, 2.24) is 0 Å². The molecular weight excluding hydrogens is 266 g/mol. The van der Waals surface area contributed by atoms with Crippen molar-refractivity contribution in [1.29, 1.82) is 0 Å². The largest absolute Gasteiger partial charge is 0.496 e. The highest BCUT2D eigenvalue weighted by atomic mass is 16.5. The monoisotopic (exact) mass is 286 g/mol. The van der Waals surface area contributed by atoms with Gasteiger partial charge >= 0.3 is 0 Å². The number of hydrogen-bond donors (Lipinski definition) is 0. The van der Waals surface area contributed by atoms with E-state index in [1.807, 2.05) is 60.4 Å². The second-order valence-electron chi connectivity index (χ2n) is 4.58. The maximum atomic E-state index is 5.42. The molecule has 0 aliphatic heterocycles. The van der Waals surface area contributed by atoms with Crippen LogP contribution in [-0.2, 0) is 7.05 Å². The predicted molar refractivity (Wildman–Crippen MR) is 82.6 cm³/mol. The van der Waals surface area contributed by atoms with Gasteiger partial charge in [-0.05, 0) is 11.6 Å². The molecule has 0 saturated heterocycles. The van der Waals surface area contributed by atoms with Crippen molar-refractivity contribution in [3.05, 3.63) is 47.8 Å². The van der Waals surface area contributed by atoms with Crippen molar-refractivity contribution in [2.45, 2.75) is 0 Å². The summed E-state index contributed by atoms with van der Waals surface area (Å²) in [6, 6.07) is 7.76. The van der Waals surface area contributed by atoms with Gasteiger partial charge in [-0.2, -0.15) is 0 Å². The van der Waals surface area contributed by atoms with Crippen molar-refractivity contribution in [2.24, 2.45) is 7.05 Å². The van der Waals surface area contributed by atoms with Crippen LogP contribution in [0.25, 0.3) is 12.2 Å². The zero-order valence-corrected chi connectivity index (χ0v) is 12.8. The minimum absolute atomic E-state index is 0.701. The third-order valence-corrected chi connectivity index (χ3v) is 3.20. The lowest BCUT2D eigenvalue weighted by Gasteiger charge is -2.12. The Morgan fingerprint density at radius 3 is 1.90 bits per heavy atom. The Kier molecular flexibility index (Phi) is 4.82. The van der Waals surface area contributed by atoms with Gasteiger partial charge in [-0.15, -0.1) is 0 Å². The maximum absolute atomic E-state index is 5.42. The van der Waals surface area contributed by atoms with Crippen LogP contribution in [0.5, 0.6) is 17.2 Å². The lowest BCUT2D eigenvalue weighted by Crippen LogP contribution is -2.25. The lowest BCUT2D eigenvalue weighted by atomic mass is 10.1. The first kappa shape index (κ1) is 14.9. The number of aromatic nitrogens is 1. The molecule has 2 rings (SSSR count). The van der Waals surface area contributed by atoms with Crippen molar-refractivity contribution in [2.75, 3.05) is 21.3 Å². The van der Waals surface area contributed by atoms with Crippen molar-refractivity contribution in [3.8, 4) is 17.2 Å². The van der Waals surface area contributed by atoms with E-state index in [1.54, 1.807) is 21.3 Å². The Morgan fingerprint density at radius 2 is 1.43 bits per heavy atom. The molecule has 0 spiro atoms. The summed E-state index contributed by atoms with van der Waals surface area (Å²) in [4.78, 5) is 0. The average molecular weight is 286 g/mol. The normalized spacial score (nSPS) is 10.7. The Bertz CT molecular complexity index is 608. The van der Waals surface area contributed by atoms with E-state index in [-0.39, 0.29) is 0 Å². The van der Waals surface area contributed by atoms with Crippen LogP contribution in [0.15, 0.2) is 36.7 Å². The maximum Gasteiger partial charge on any atom is 0.169 e. The molecule has 0 aliphatic rings. The van der Waals surface area contributed by atoms with Crippen LogP contribution in [0.3, 0.4) is 0 Å². The summed E-state index contributed by atoms with van der Waals surface area (Å²) in [5, 5.41) is 0. The average Bonchev–Trinajstić information content (AvgIpc) is 2.53. The van der Waals surface area contributed by atoms with Gasteiger partial charge in [0, 0.05) is 24.3 Å². The van der Waals surface area contributed by atoms with Gasteiger partial charge in [-0.3, -0.25) is 0 Å². The topological polar surface area (TPSA) is 31.6 Å². The third kappa shape index (κ3) is 3.54. The van der Waals surface area contributed by atoms with Gasteiger partial charge in [0.15, 0.2) is 12.4 Å². The van der Waals surface area contributed by atoms with Crippen LogP contribution in [0.2, 0.25) is 0 Å². The molecular formula is C17H20NO3+. The minimum atomic E-state index is 0.701. The standard InChI is InChI=1S/C17H20NO3/c1-18-9-7-13(8-10-18)5-6-15-16(20-3)11-14(19-2)12-17(15)21-4/h5-12H,1-4H3/q+1/b6-5+. The number of aryl methyl sites for hydroxylation is 1. The second kappa shape index (κ2) is 6.79. The smallest absolute Gasteiger partial charge is 0.169 e. The Labute approximate surface area is 125 Å². The SMILES string of the molecule is COc1cc(OC)c(/C=C/c2cc[n+](C)cc2)c(OC)c1. The number of hydrogen-bond acceptors (Lipinski definition) is 3. The molecule has 0 radical (unpaired) electrons. The highest BCUT2D eigenvalue weighted by Gasteiger charge is 2.10. The van der Waals surface area contributed by atoms with Gasteiger partial charge in [-0.25, -0.2) is 4.57 Å². The van der Waals surface area contributed by atoms with E-state index in [2.05, 4.69) is 0 Å². The number of ether oxygens (including phenoxy) is 3. The molecule has 21 heavy (non-hydrogen) atoms. The number of rotatable bonds is 5. The third-order valence-electron chi connectivity index (χ3n) is 3.20. The molecule has 4 nitrogen and oxygen atoms in total. The molecule has 1 heterocycles. The summed E-state index contributed by atoms with van der Waals surface area (Å²) in [6.07, 6.45) is 8.00. The van der Waals surface area contributed by atoms with Gasteiger partial charge in [0.05, 0.1) is 26.9 Å². The summed E-state index contributed by atoms with van der Waals surface area (Å²) < 4.78 is 18.1. The number of benzene rings is 1. The molecule has 0 unspecified atom stereocenters. The second-order valence-corrected chi connectivity index (χ2v) is 4.58. The highest BCUT2D eigenvalue weighted by Crippen LogP contribution is 2.35. The molecule has 110 valence electrons. The van der Waals surface area contributed by atoms with Crippen molar-refractivity contribution < 1.29 is 18.8 Å². The van der Waals surface area contributed by atoms with Crippen LogP contribution in [-0.4, -0.2) is 21.3 Å². The van der Waals surface area contributed by atoms with Crippen LogP contribution in [0.4, 0.5) is 0 Å². The zero-order valence-electron chi connectivity index (χ0n) is 12.8. The molecule has 0 aliphatic carbocycles. The number of nitrogens with zero attached hydrogens (tertiary/aromatic N) is 1. The van der Waals surface area contributed by atoms with Crippen molar-refractivity contribution >= 4 is 12.2 Å². The van der Waals surface area contributed by atoms with Gasteiger partial charge in [0.2, 0.25) is 0 Å². The molecule has 2 aromatic rings.